The van der Waals surface area contributed by atoms with Gasteiger partial charge in [-0.2, -0.15) is 0 Å². The van der Waals surface area contributed by atoms with Gasteiger partial charge in [0.2, 0.25) is 0 Å². The summed E-state index contributed by atoms with van der Waals surface area (Å²) in [7, 11) is 0. The van der Waals surface area contributed by atoms with Crippen LogP contribution >= 0.6 is 0 Å². The predicted molar refractivity (Wildman–Crippen MR) is 88.4 cm³/mol. The van der Waals surface area contributed by atoms with E-state index in [0.29, 0.717) is 5.41 Å². The smallest absolute Gasteiger partial charge is 0.157 e. The second-order valence-electron chi connectivity index (χ2n) is 7.49. The lowest BCUT2D eigenvalue weighted by atomic mass is 9.70. The molecule has 21 heavy (non-hydrogen) atoms. The van der Waals surface area contributed by atoms with Crippen LogP contribution in [0.15, 0.2) is 0 Å². The van der Waals surface area contributed by atoms with Crippen molar-refractivity contribution < 1.29 is 9.47 Å². The number of unbranched alkanes of at least 4 members (excludes halogenated alkanes) is 4. The van der Waals surface area contributed by atoms with Crippen LogP contribution in [-0.2, 0) is 9.47 Å². The highest BCUT2D eigenvalue weighted by Crippen LogP contribution is 2.43. The standard InChI is InChI=1S/C19H36O2/c1-3-5-7-9-17-11-13-19(14-12-17)15-20-18(21-16-19)10-8-6-4-2/h17-18H,3-16H2,1-2H3. The van der Waals surface area contributed by atoms with Crippen LogP contribution in [0.5, 0.6) is 0 Å². The molecule has 2 nitrogen and oxygen atoms in total. The Kier molecular flexibility index (Phi) is 7.53. The van der Waals surface area contributed by atoms with Gasteiger partial charge in [-0.15, -0.1) is 0 Å². The van der Waals surface area contributed by atoms with Gasteiger partial charge in [0, 0.05) is 5.41 Å². The van der Waals surface area contributed by atoms with Crippen molar-refractivity contribution in [2.24, 2.45) is 11.3 Å². The molecule has 1 spiro atoms. The molecule has 0 atom stereocenters. The molecule has 0 radical (unpaired) electrons. The van der Waals surface area contributed by atoms with E-state index in [1.807, 2.05) is 0 Å². The highest BCUT2D eigenvalue weighted by atomic mass is 16.7. The quantitative estimate of drug-likeness (QED) is 0.535. The summed E-state index contributed by atoms with van der Waals surface area (Å²) in [5.74, 6) is 0.976. The molecular formula is C19H36O2. The third-order valence-corrected chi connectivity index (χ3v) is 5.58. The van der Waals surface area contributed by atoms with Crippen molar-refractivity contribution in [2.75, 3.05) is 13.2 Å². The third-order valence-electron chi connectivity index (χ3n) is 5.58. The van der Waals surface area contributed by atoms with Gasteiger partial charge >= 0.3 is 0 Å². The van der Waals surface area contributed by atoms with E-state index in [4.69, 9.17) is 9.47 Å². The zero-order valence-electron chi connectivity index (χ0n) is 14.4. The zero-order valence-corrected chi connectivity index (χ0v) is 14.4. The molecule has 0 amide bonds. The summed E-state index contributed by atoms with van der Waals surface area (Å²) in [6, 6.07) is 0. The number of rotatable bonds is 8. The first-order valence-corrected chi connectivity index (χ1v) is 9.51. The number of hydrogen-bond acceptors (Lipinski definition) is 2. The van der Waals surface area contributed by atoms with Crippen LogP contribution in [0.2, 0.25) is 0 Å². The summed E-state index contributed by atoms with van der Waals surface area (Å²) in [6.45, 7) is 6.44. The molecular weight excluding hydrogens is 260 g/mol. The molecule has 0 bridgehead atoms. The third kappa shape index (κ3) is 5.56. The van der Waals surface area contributed by atoms with Gasteiger partial charge in [0.05, 0.1) is 13.2 Å². The van der Waals surface area contributed by atoms with Crippen molar-refractivity contribution >= 4 is 0 Å². The first kappa shape index (κ1) is 17.3. The van der Waals surface area contributed by atoms with Gasteiger partial charge in [-0.3, -0.25) is 0 Å². The summed E-state index contributed by atoms with van der Waals surface area (Å²) in [6.07, 6.45) is 16.1. The maximum atomic E-state index is 6.03. The molecule has 2 rings (SSSR count). The largest absolute Gasteiger partial charge is 0.352 e. The first-order valence-electron chi connectivity index (χ1n) is 9.51. The van der Waals surface area contributed by atoms with Gasteiger partial charge in [0.1, 0.15) is 0 Å². The van der Waals surface area contributed by atoms with Gasteiger partial charge in [-0.05, 0) is 44.4 Å². The van der Waals surface area contributed by atoms with Gasteiger partial charge < -0.3 is 9.47 Å². The average molecular weight is 296 g/mol. The molecule has 1 saturated carbocycles. The lowest BCUT2D eigenvalue weighted by Gasteiger charge is -2.44. The Hall–Kier alpha value is -0.0800. The van der Waals surface area contributed by atoms with E-state index >= 15 is 0 Å². The first-order chi connectivity index (χ1) is 10.3. The van der Waals surface area contributed by atoms with E-state index in [2.05, 4.69) is 13.8 Å². The van der Waals surface area contributed by atoms with Crippen LogP contribution in [0.3, 0.4) is 0 Å². The Morgan fingerprint density at radius 3 is 1.95 bits per heavy atom. The highest BCUT2D eigenvalue weighted by molar-refractivity contribution is 4.87. The Bertz CT molecular complexity index is 229. The van der Waals surface area contributed by atoms with E-state index in [1.54, 1.807) is 0 Å². The summed E-state index contributed by atoms with van der Waals surface area (Å²) < 4.78 is 12.1. The lowest BCUT2D eigenvalue weighted by molar-refractivity contribution is -0.239. The minimum absolute atomic E-state index is 0.0875. The summed E-state index contributed by atoms with van der Waals surface area (Å²) in [5.41, 5.74) is 0.364. The second-order valence-corrected chi connectivity index (χ2v) is 7.49. The van der Waals surface area contributed by atoms with Crippen LogP contribution in [0.1, 0.15) is 90.9 Å². The molecule has 2 heteroatoms. The predicted octanol–water partition coefficient (Wildman–Crippen LogP) is 5.70. The molecule has 0 aromatic rings. The van der Waals surface area contributed by atoms with Crippen molar-refractivity contribution in [3.05, 3.63) is 0 Å². The van der Waals surface area contributed by atoms with Crippen LogP contribution in [0.4, 0.5) is 0 Å². The fraction of sp³-hybridized carbons (Fsp3) is 1.00. The van der Waals surface area contributed by atoms with Crippen molar-refractivity contribution in [3.63, 3.8) is 0 Å². The molecule has 0 aromatic carbocycles. The Balaban J connectivity index is 1.63. The van der Waals surface area contributed by atoms with E-state index in [9.17, 15) is 0 Å². The van der Waals surface area contributed by atoms with Gasteiger partial charge in [-0.25, -0.2) is 0 Å². The minimum Gasteiger partial charge on any atom is -0.352 e. The fourth-order valence-electron chi connectivity index (χ4n) is 3.91. The van der Waals surface area contributed by atoms with E-state index in [1.165, 1.54) is 70.6 Å². The highest BCUT2D eigenvalue weighted by Gasteiger charge is 2.39. The topological polar surface area (TPSA) is 18.5 Å². The van der Waals surface area contributed by atoms with E-state index in [-0.39, 0.29) is 6.29 Å². The maximum absolute atomic E-state index is 6.03. The molecule has 2 fully saturated rings. The molecule has 124 valence electrons. The summed E-state index contributed by atoms with van der Waals surface area (Å²) >= 11 is 0. The molecule has 1 aliphatic carbocycles. The Labute approximate surface area is 132 Å². The van der Waals surface area contributed by atoms with Crippen molar-refractivity contribution in [3.8, 4) is 0 Å². The summed E-state index contributed by atoms with van der Waals surface area (Å²) in [5, 5.41) is 0. The van der Waals surface area contributed by atoms with Crippen LogP contribution in [0, 0.1) is 11.3 Å². The minimum atomic E-state index is 0.0875. The van der Waals surface area contributed by atoms with Crippen LogP contribution in [0.25, 0.3) is 0 Å². The van der Waals surface area contributed by atoms with Gasteiger partial charge in [0.15, 0.2) is 6.29 Å². The van der Waals surface area contributed by atoms with Gasteiger partial charge in [-0.1, -0.05) is 52.4 Å². The summed E-state index contributed by atoms with van der Waals surface area (Å²) in [4.78, 5) is 0. The Morgan fingerprint density at radius 2 is 1.38 bits per heavy atom. The van der Waals surface area contributed by atoms with Crippen molar-refractivity contribution in [1.29, 1.82) is 0 Å². The zero-order chi connectivity index (χ0) is 15.0. The average Bonchev–Trinajstić information content (AvgIpc) is 2.52. The maximum Gasteiger partial charge on any atom is 0.157 e. The van der Waals surface area contributed by atoms with E-state index in [0.717, 1.165) is 25.6 Å². The van der Waals surface area contributed by atoms with Crippen molar-refractivity contribution in [1.82, 2.24) is 0 Å². The number of hydrogen-bond donors (Lipinski definition) is 0. The van der Waals surface area contributed by atoms with Gasteiger partial charge in [0.25, 0.3) is 0 Å². The lowest BCUT2D eigenvalue weighted by Crippen LogP contribution is -2.44. The molecule has 1 aliphatic heterocycles. The Morgan fingerprint density at radius 1 is 0.810 bits per heavy atom. The molecule has 1 saturated heterocycles. The molecule has 0 N–H and O–H groups in total. The van der Waals surface area contributed by atoms with Crippen LogP contribution in [-0.4, -0.2) is 19.5 Å². The SMILES string of the molecule is CCCCCC1CCC2(CC1)COC(CCCCC)OC2. The second kappa shape index (κ2) is 9.15. The van der Waals surface area contributed by atoms with Crippen LogP contribution < -0.4 is 0 Å². The monoisotopic (exact) mass is 296 g/mol. The molecule has 0 aromatic heterocycles. The van der Waals surface area contributed by atoms with Crippen molar-refractivity contribution in [2.45, 2.75) is 97.2 Å². The molecule has 2 aliphatic rings. The molecule has 1 heterocycles. The van der Waals surface area contributed by atoms with E-state index < -0.39 is 0 Å². The normalized spacial score (nSPS) is 33.4. The fourth-order valence-corrected chi connectivity index (χ4v) is 3.91. The molecule has 0 unspecified atom stereocenters. The number of ether oxygens (including phenoxy) is 2.